The molecule has 1 saturated heterocycles. The number of nitrogens with one attached hydrogen (secondary N) is 1. The van der Waals surface area contributed by atoms with Gasteiger partial charge in [0.2, 0.25) is 5.91 Å². The zero-order valence-corrected chi connectivity index (χ0v) is 10.8. The van der Waals surface area contributed by atoms with Crippen LogP contribution in [-0.4, -0.2) is 34.9 Å². The monoisotopic (exact) mass is 254 g/mol. The van der Waals surface area contributed by atoms with Crippen molar-refractivity contribution in [2.45, 2.75) is 32.4 Å². The Kier molecular flexibility index (Phi) is 4.09. The summed E-state index contributed by atoms with van der Waals surface area (Å²) in [6, 6.07) is 0.298. The Balaban J connectivity index is 1.89. The number of likely N-dealkylation sites (tertiary alicyclic amines) is 1. The minimum Gasteiger partial charge on any atom is -0.327 e. The second-order valence-corrected chi connectivity index (χ2v) is 5.57. The van der Waals surface area contributed by atoms with E-state index >= 15 is 0 Å². The number of amides is 1. The lowest BCUT2D eigenvalue weighted by atomic mass is 10.1. The van der Waals surface area contributed by atoms with Crippen LogP contribution in [0, 0.1) is 0 Å². The van der Waals surface area contributed by atoms with Crippen LogP contribution in [0.3, 0.4) is 0 Å². The molecule has 1 aliphatic rings. The Morgan fingerprint density at radius 1 is 1.76 bits per heavy atom. The number of carbonyl (C=O) groups is 1. The molecule has 5 nitrogen and oxygen atoms in total. The van der Waals surface area contributed by atoms with E-state index in [2.05, 4.69) is 15.2 Å². The predicted molar refractivity (Wildman–Crippen MR) is 68.9 cm³/mol. The molecule has 1 atom stereocenters. The van der Waals surface area contributed by atoms with Crippen molar-refractivity contribution in [2.24, 2.45) is 5.73 Å². The van der Waals surface area contributed by atoms with Crippen LogP contribution in [0.1, 0.15) is 24.6 Å². The normalized spacial score (nSPS) is 21.4. The van der Waals surface area contributed by atoms with Crippen LogP contribution in [0.25, 0.3) is 0 Å². The van der Waals surface area contributed by atoms with Crippen molar-refractivity contribution >= 4 is 22.4 Å². The third-order valence-corrected chi connectivity index (χ3v) is 3.66. The molecule has 0 aliphatic carbocycles. The Morgan fingerprint density at radius 2 is 2.59 bits per heavy atom. The highest BCUT2D eigenvalue weighted by atomic mass is 32.1. The van der Waals surface area contributed by atoms with Crippen LogP contribution in [0.2, 0.25) is 0 Å². The first-order valence-electron chi connectivity index (χ1n) is 5.83. The minimum atomic E-state index is -0.0779. The quantitative estimate of drug-likeness (QED) is 0.845. The van der Waals surface area contributed by atoms with Crippen LogP contribution >= 0.6 is 11.3 Å². The van der Waals surface area contributed by atoms with Gasteiger partial charge in [0.15, 0.2) is 5.13 Å². The Morgan fingerprint density at radius 3 is 3.29 bits per heavy atom. The SMILES string of the molecule is CC(=O)Nc1ncc(CN2CCCC(N)C2)s1. The molecule has 17 heavy (non-hydrogen) atoms. The van der Waals surface area contributed by atoms with E-state index in [1.807, 2.05) is 6.20 Å². The summed E-state index contributed by atoms with van der Waals surface area (Å²) in [5, 5.41) is 3.37. The van der Waals surface area contributed by atoms with Gasteiger partial charge in [0, 0.05) is 37.1 Å². The smallest absolute Gasteiger partial charge is 0.223 e. The van der Waals surface area contributed by atoms with Crippen molar-refractivity contribution in [3.63, 3.8) is 0 Å². The maximum Gasteiger partial charge on any atom is 0.223 e. The number of carbonyl (C=O) groups excluding carboxylic acids is 1. The number of rotatable bonds is 3. The van der Waals surface area contributed by atoms with Gasteiger partial charge >= 0.3 is 0 Å². The number of nitrogens with zero attached hydrogens (tertiary/aromatic N) is 2. The zero-order valence-electron chi connectivity index (χ0n) is 9.98. The average Bonchev–Trinajstić information content (AvgIpc) is 2.64. The van der Waals surface area contributed by atoms with Crippen LogP contribution in [0.4, 0.5) is 5.13 Å². The number of hydrogen-bond acceptors (Lipinski definition) is 5. The molecule has 0 aromatic carbocycles. The first-order valence-corrected chi connectivity index (χ1v) is 6.65. The number of aromatic nitrogens is 1. The van der Waals surface area contributed by atoms with Crippen molar-refractivity contribution in [3.8, 4) is 0 Å². The molecule has 1 fully saturated rings. The summed E-state index contributed by atoms with van der Waals surface area (Å²) in [7, 11) is 0. The first kappa shape index (κ1) is 12.5. The third kappa shape index (κ3) is 3.76. The van der Waals surface area contributed by atoms with Gasteiger partial charge in [0.05, 0.1) is 0 Å². The zero-order chi connectivity index (χ0) is 12.3. The summed E-state index contributed by atoms with van der Waals surface area (Å²) >= 11 is 1.53. The molecule has 0 bridgehead atoms. The molecule has 1 aromatic heterocycles. The molecule has 6 heteroatoms. The van der Waals surface area contributed by atoms with Crippen molar-refractivity contribution in [3.05, 3.63) is 11.1 Å². The second-order valence-electron chi connectivity index (χ2n) is 4.45. The maximum atomic E-state index is 10.9. The first-order chi connectivity index (χ1) is 8.13. The summed E-state index contributed by atoms with van der Waals surface area (Å²) in [6.45, 7) is 4.42. The van der Waals surface area contributed by atoms with E-state index in [0.29, 0.717) is 11.2 Å². The lowest BCUT2D eigenvalue weighted by Crippen LogP contribution is -2.42. The lowest BCUT2D eigenvalue weighted by molar-refractivity contribution is -0.114. The van der Waals surface area contributed by atoms with Crippen LogP contribution < -0.4 is 11.1 Å². The molecule has 0 saturated carbocycles. The van der Waals surface area contributed by atoms with Crippen molar-refractivity contribution in [2.75, 3.05) is 18.4 Å². The van der Waals surface area contributed by atoms with E-state index in [1.165, 1.54) is 29.6 Å². The van der Waals surface area contributed by atoms with Gasteiger partial charge in [-0.3, -0.25) is 9.69 Å². The Hall–Kier alpha value is -0.980. The highest BCUT2D eigenvalue weighted by Gasteiger charge is 2.17. The van der Waals surface area contributed by atoms with Gasteiger partial charge in [0.25, 0.3) is 0 Å². The highest BCUT2D eigenvalue weighted by molar-refractivity contribution is 7.15. The molecule has 1 aromatic rings. The molecule has 1 amide bonds. The number of anilines is 1. The number of thiazole rings is 1. The summed E-state index contributed by atoms with van der Waals surface area (Å²) < 4.78 is 0. The summed E-state index contributed by atoms with van der Waals surface area (Å²) in [4.78, 5) is 18.6. The second kappa shape index (κ2) is 5.57. The molecule has 2 rings (SSSR count). The van der Waals surface area contributed by atoms with Gasteiger partial charge in [-0.05, 0) is 19.4 Å². The highest BCUT2D eigenvalue weighted by Crippen LogP contribution is 2.21. The fraction of sp³-hybridized carbons (Fsp3) is 0.636. The molecule has 0 spiro atoms. The van der Waals surface area contributed by atoms with E-state index < -0.39 is 0 Å². The van der Waals surface area contributed by atoms with Crippen LogP contribution in [-0.2, 0) is 11.3 Å². The standard InChI is InChI=1S/C11H18N4OS/c1-8(16)14-11-13-5-10(17-11)7-15-4-2-3-9(12)6-15/h5,9H,2-4,6-7,12H2,1H3,(H,13,14,16). The molecule has 2 heterocycles. The molecular weight excluding hydrogens is 236 g/mol. The number of nitrogens with two attached hydrogens (primary N) is 1. The van der Waals surface area contributed by atoms with Crippen LogP contribution in [0.15, 0.2) is 6.20 Å². The largest absolute Gasteiger partial charge is 0.327 e. The molecule has 94 valence electrons. The van der Waals surface area contributed by atoms with E-state index in [4.69, 9.17) is 5.73 Å². The molecule has 1 aliphatic heterocycles. The number of piperidine rings is 1. The fourth-order valence-electron chi connectivity index (χ4n) is 2.04. The molecular formula is C11H18N4OS. The Labute approximate surface area is 105 Å². The van der Waals surface area contributed by atoms with E-state index in [-0.39, 0.29) is 5.91 Å². The van der Waals surface area contributed by atoms with Gasteiger partial charge in [0.1, 0.15) is 0 Å². The van der Waals surface area contributed by atoms with Gasteiger partial charge in [-0.25, -0.2) is 4.98 Å². The molecule has 3 N–H and O–H groups in total. The predicted octanol–water partition coefficient (Wildman–Crippen LogP) is 1.02. The molecule has 1 unspecified atom stereocenters. The van der Waals surface area contributed by atoms with Gasteiger partial charge in [-0.2, -0.15) is 0 Å². The van der Waals surface area contributed by atoms with E-state index in [9.17, 15) is 4.79 Å². The molecule has 0 radical (unpaired) electrons. The van der Waals surface area contributed by atoms with E-state index in [0.717, 1.165) is 26.1 Å². The fourth-order valence-corrected chi connectivity index (χ4v) is 2.95. The lowest BCUT2D eigenvalue weighted by Gasteiger charge is -2.29. The number of hydrogen-bond donors (Lipinski definition) is 2. The summed E-state index contributed by atoms with van der Waals surface area (Å²) in [6.07, 6.45) is 4.12. The average molecular weight is 254 g/mol. The van der Waals surface area contributed by atoms with E-state index in [1.54, 1.807) is 0 Å². The van der Waals surface area contributed by atoms with Gasteiger partial charge in [-0.1, -0.05) is 0 Å². The van der Waals surface area contributed by atoms with Crippen molar-refractivity contribution in [1.82, 2.24) is 9.88 Å². The minimum absolute atomic E-state index is 0.0779. The van der Waals surface area contributed by atoms with Crippen molar-refractivity contribution < 1.29 is 4.79 Å². The van der Waals surface area contributed by atoms with Crippen molar-refractivity contribution in [1.29, 1.82) is 0 Å². The third-order valence-electron chi connectivity index (χ3n) is 2.76. The Bertz CT molecular complexity index is 393. The van der Waals surface area contributed by atoms with Crippen LogP contribution in [0.5, 0.6) is 0 Å². The summed E-state index contributed by atoms with van der Waals surface area (Å²) in [5.74, 6) is -0.0779. The van der Waals surface area contributed by atoms with Gasteiger partial charge in [-0.15, -0.1) is 11.3 Å². The van der Waals surface area contributed by atoms with Gasteiger partial charge < -0.3 is 11.1 Å². The maximum absolute atomic E-state index is 10.9. The summed E-state index contributed by atoms with van der Waals surface area (Å²) in [5.41, 5.74) is 5.94. The topological polar surface area (TPSA) is 71.2 Å².